The minimum absolute atomic E-state index is 0.0119. The van der Waals surface area contributed by atoms with Gasteiger partial charge in [0.2, 0.25) is 0 Å². The monoisotopic (exact) mass is 288 g/mol. The van der Waals surface area contributed by atoms with Gasteiger partial charge in [-0.1, -0.05) is 36.4 Å². The third-order valence-corrected chi connectivity index (χ3v) is 2.88. The van der Waals surface area contributed by atoms with Crippen molar-refractivity contribution in [3.63, 3.8) is 0 Å². The van der Waals surface area contributed by atoms with Crippen LogP contribution in [0, 0.1) is 22.7 Å². The highest BCUT2D eigenvalue weighted by Crippen LogP contribution is 2.12. The summed E-state index contributed by atoms with van der Waals surface area (Å²) in [6, 6.07) is 18.1. The molecule has 2 aromatic carbocycles. The molecule has 0 aromatic heterocycles. The number of allylic oxidation sites excluding steroid dienone is 1. The lowest BCUT2D eigenvalue weighted by atomic mass is 10.1. The molecule has 22 heavy (non-hydrogen) atoms. The van der Waals surface area contributed by atoms with Gasteiger partial charge in [0.15, 0.2) is 5.78 Å². The van der Waals surface area contributed by atoms with Crippen molar-refractivity contribution in [3.8, 4) is 12.1 Å². The lowest BCUT2D eigenvalue weighted by molar-refractivity contribution is 0.101. The average molecular weight is 288 g/mol. The van der Waals surface area contributed by atoms with Crippen LogP contribution < -0.4 is 0 Å². The van der Waals surface area contributed by atoms with Gasteiger partial charge >= 0.3 is 0 Å². The van der Waals surface area contributed by atoms with Crippen molar-refractivity contribution in [2.24, 2.45) is 0 Å². The molecule has 108 valence electrons. The van der Waals surface area contributed by atoms with E-state index in [-0.39, 0.29) is 5.78 Å². The summed E-state index contributed by atoms with van der Waals surface area (Å²) in [7, 11) is 0. The smallest absolute Gasteiger partial charge is 0.159 e. The van der Waals surface area contributed by atoms with Gasteiger partial charge in [-0.15, -0.1) is 0 Å². The van der Waals surface area contributed by atoms with E-state index in [0.717, 1.165) is 11.1 Å². The molecule has 0 bridgehead atoms. The van der Waals surface area contributed by atoms with E-state index >= 15 is 0 Å². The Bertz CT molecular complexity index is 709. The van der Waals surface area contributed by atoms with Crippen LogP contribution in [0.1, 0.15) is 40.9 Å². The number of hydrogen-bond acceptors (Lipinski definition) is 3. The van der Waals surface area contributed by atoms with Gasteiger partial charge in [0.1, 0.15) is 0 Å². The Morgan fingerprint density at radius 1 is 0.909 bits per heavy atom. The summed E-state index contributed by atoms with van der Waals surface area (Å²) in [6.45, 7) is 7.20. The van der Waals surface area contributed by atoms with Crippen LogP contribution in [0.25, 0.3) is 5.57 Å². The summed E-state index contributed by atoms with van der Waals surface area (Å²) < 4.78 is 0. The topological polar surface area (TPSA) is 64.7 Å². The molecule has 3 nitrogen and oxygen atoms in total. The van der Waals surface area contributed by atoms with Crippen molar-refractivity contribution >= 4 is 11.4 Å². The lowest BCUT2D eigenvalue weighted by Gasteiger charge is -1.97. The summed E-state index contributed by atoms with van der Waals surface area (Å²) in [6.07, 6.45) is 0. The predicted octanol–water partition coefficient (Wildman–Crippen LogP) is 4.35. The molecular formula is C19H16N2O. The molecule has 0 radical (unpaired) electrons. The van der Waals surface area contributed by atoms with E-state index in [1.807, 2.05) is 31.2 Å². The number of nitrogens with zero attached hydrogens (tertiary/aromatic N) is 2. The normalized spacial score (nSPS) is 8.73. The average Bonchev–Trinajstić information content (AvgIpc) is 2.55. The molecule has 0 N–H and O–H groups in total. The largest absolute Gasteiger partial charge is 0.295 e. The summed E-state index contributed by atoms with van der Waals surface area (Å²) in [5.41, 5.74) is 3.82. The zero-order chi connectivity index (χ0) is 16.5. The van der Waals surface area contributed by atoms with Crippen molar-refractivity contribution in [2.45, 2.75) is 13.8 Å². The first-order valence-corrected chi connectivity index (χ1v) is 6.65. The van der Waals surface area contributed by atoms with E-state index in [1.54, 1.807) is 30.3 Å². The second-order valence-electron chi connectivity index (χ2n) is 4.72. The maximum absolute atomic E-state index is 10.8. The third-order valence-electron chi connectivity index (χ3n) is 2.88. The maximum Gasteiger partial charge on any atom is 0.159 e. The number of nitriles is 2. The first-order chi connectivity index (χ1) is 10.5. The number of ketones is 1. The Kier molecular flexibility index (Phi) is 6.29. The molecule has 0 unspecified atom stereocenters. The molecule has 0 aliphatic carbocycles. The molecule has 0 aliphatic heterocycles. The molecule has 0 saturated carbocycles. The van der Waals surface area contributed by atoms with E-state index in [0.29, 0.717) is 16.7 Å². The van der Waals surface area contributed by atoms with E-state index in [1.165, 1.54) is 6.92 Å². The second kappa shape index (κ2) is 8.19. The van der Waals surface area contributed by atoms with Crippen molar-refractivity contribution in [3.05, 3.63) is 77.4 Å². The van der Waals surface area contributed by atoms with Gasteiger partial charge < -0.3 is 0 Å². The fraction of sp³-hybridized carbons (Fsp3) is 0.105. The molecule has 0 amide bonds. The fourth-order valence-electron chi connectivity index (χ4n) is 1.66. The first kappa shape index (κ1) is 16.9. The molecule has 0 saturated heterocycles. The Balaban J connectivity index is 0.000000220. The molecule has 3 heteroatoms. The van der Waals surface area contributed by atoms with Gasteiger partial charge in [0, 0.05) is 5.56 Å². The van der Waals surface area contributed by atoms with Crippen LogP contribution in [0.4, 0.5) is 0 Å². The highest BCUT2D eigenvalue weighted by molar-refractivity contribution is 5.94. The zero-order valence-electron chi connectivity index (χ0n) is 12.6. The van der Waals surface area contributed by atoms with Crippen LogP contribution in [0.2, 0.25) is 0 Å². The maximum atomic E-state index is 10.8. The minimum atomic E-state index is -0.0119. The zero-order valence-corrected chi connectivity index (χ0v) is 12.6. The van der Waals surface area contributed by atoms with Crippen molar-refractivity contribution in [1.29, 1.82) is 10.5 Å². The summed E-state index contributed by atoms with van der Waals surface area (Å²) >= 11 is 0. The highest BCUT2D eigenvalue weighted by Gasteiger charge is 1.98. The van der Waals surface area contributed by atoms with E-state index in [9.17, 15) is 4.79 Å². The Morgan fingerprint density at radius 3 is 1.77 bits per heavy atom. The standard InChI is InChI=1S/C10H9N.C9H7NO/c1-8(2)10-5-3-4-9(6-10)7-11;1-7(11)9-4-2-3-8(5-9)6-10/h3-6H,1H2,2H3;2-5H,1H3. The Labute approximate surface area is 130 Å². The van der Waals surface area contributed by atoms with Crippen molar-refractivity contribution in [1.82, 2.24) is 0 Å². The summed E-state index contributed by atoms with van der Waals surface area (Å²) in [5.74, 6) is -0.0119. The van der Waals surface area contributed by atoms with Crippen LogP contribution in [-0.2, 0) is 0 Å². The van der Waals surface area contributed by atoms with Gasteiger partial charge in [-0.2, -0.15) is 10.5 Å². The molecule has 0 fully saturated rings. The first-order valence-electron chi connectivity index (χ1n) is 6.65. The van der Waals surface area contributed by atoms with Crippen LogP contribution in [0.5, 0.6) is 0 Å². The molecular weight excluding hydrogens is 272 g/mol. The van der Waals surface area contributed by atoms with Gasteiger partial charge in [-0.3, -0.25) is 4.79 Å². The molecule has 0 atom stereocenters. The van der Waals surface area contributed by atoms with E-state index in [2.05, 4.69) is 12.6 Å². The van der Waals surface area contributed by atoms with Gasteiger partial charge in [-0.25, -0.2) is 0 Å². The quantitative estimate of drug-likeness (QED) is 0.771. The van der Waals surface area contributed by atoms with Crippen LogP contribution in [-0.4, -0.2) is 5.78 Å². The second-order valence-corrected chi connectivity index (χ2v) is 4.72. The van der Waals surface area contributed by atoms with Crippen LogP contribution >= 0.6 is 0 Å². The number of hydrogen-bond donors (Lipinski definition) is 0. The van der Waals surface area contributed by atoms with E-state index < -0.39 is 0 Å². The van der Waals surface area contributed by atoms with Crippen LogP contribution in [0.3, 0.4) is 0 Å². The lowest BCUT2D eigenvalue weighted by Crippen LogP contribution is -1.91. The Hall–Kier alpha value is -3.17. The number of Topliss-reactive ketones (excluding diaryl/α,β-unsaturated/α-hetero) is 1. The summed E-state index contributed by atoms with van der Waals surface area (Å²) in [5, 5.41) is 17.0. The number of carbonyl (C=O) groups is 1. The summed E-state index contributed by atoms with van der Waals surface area (Å²) in [4.78, 5) is 10.8. The number of rotatable bonds is 2. The van der Waals surface area contributed by atoms with Gasteiger partial charge in [0.25, 0.3) is 0 Å². The SMILES string of the molecule is C=C(C)c1cccc(C#N)c1.CC(=O)c1cccc(C#N)c1. The molecule has 2 rings (SSSR count). The molecule has 2 aromatic rings. The Morgan fingerprint density at radius 2 is 1.36 bits per heavy atom. The van der Waals surface area contributed by atoms with Crippen molar-refractivity contribution in [2.75, 3.05) is 0 Å². The van der Waals surface area contributed by atoms with E-state index in [4.69, 9.17) is 10.5 Å². The fourth-order valence-corrected chi connectivity index (χ4v) is 1.66. The molecule has 0 aliphatic rings. The number of benzene rings is 2. The molecule has 0 spiro atoms. The predicted molar refractivity (Wildman–Crippen MR) is 87.0 cm³/mol. The van der Waals surface area contributed by atoms with Gasteiger partial charge in [-0.05, 0) is 43.7 Å². The molecule has 0 heterocycles. The van der Waals surface area contributed by atoms with Crippen molar-refractivity contribution < 1.29 is 4.79 Å². The van der Waals surface area contributed by atoms with Gasteiger partial charge in [0.05, 0.1) is 23.3 Å². The third kappa shape index (κ3) is 5.07. The minimum Gasteiger partial charge on any atom is -0.295 e. The number of carbonyl (C=O) groups excluding carboxylic acids is 1. The van der Waals surface area contributed by atoms with Crippen LogP contribution in [0.15, 0.2) is 55.1 Å². The highest BCUT2D eigenvalue weighted by atomic mass is 16.1.